The Morgan fingerprint density at radius 1 is 1.07 bits per heavy atom. The van der Waals surface area contributed by atoms with Crippen LogP contribution in [0.25, 0.3) is 0 Å². The maximum Gasteiger partial charge on any atom is 0.416 e. The van der Waals surface area contributed by atoms with Gasteiger partial charge in [0.05, 0.1) is 35.8 Å². The molecule has 2 amide bonds. The summed E-state index contributed by atoms with van der Waals surface area (Å²) in [6, 6.07) is 5.02. The maximum atomic E-state index is 12.8. The lowest BCUT2D eigenvalue weighted by Gasteiger charge is -2.19. The van der Waals surface area contributed by atoms with Gasteiger partial charge >= 0.3 is 6.18 Å². The molecule has 2 heterocycles. The van der Waals surface area contributed by atoms with Gasteiger partial charge in [-0.15, -0.1) is 0 Å². The number of carbonyl (C=O) groups excluding carboxylic acids is 2. The van der Waals surface area contributed by atoms with Crippen molar-refractivity contribution in [3.63, 3.8) is 0 Å². The van der Waals surface area contributed by atoms with Gasteiger partial charge in [-0.25, -0.2) is 4.90 Å². The molecule has 0 N–H and O–H groups in total. The summed E-state index contributed by atoms with van der Waals surface area (Å²) in [6.45, 7) is 0.118. The Hall–Kier alpha value is -2.64. The van der Waals surface area contributed by atoms with Crippen LogP contribution in [0, 0.1) is 11.8 Å². The van der Waals surface area contributed by atoms with Gasteiger partial charge in [0.1, 0.15) is 0 Å². The third-order valence-corrected chi connectivity index (χ3v) is 5.32. The van der Waals surface area contributed by atoms with E-state index in [0.29, 0.717) is 11.3 Å². The number of hydrogen-bond donors (Lipinski definition) is 0. The molecule has 0 spiro atoms. The number of anilines is 1. The fourth-order valence-corrected chi connectivity index (χ4v) is 4.00. The molecule has 8 heteroatoms. The summed E-state index contributed by atoms with van der Waals surface area (Å²) in [5.41, 5.74) is 0.0972. The molecule has 4 rings (SSSR count). The highest BCUT2D eigenvalue weighted by Gasteiger charge is 2.49. The molecule has 1 aromatic heterocycles. The molecule has 27 heavy (non-hydrogen) atoms. The predicted molar refractivity (Wildman–Crippen MR) is 90.7 cm³/mol. The van der Waals surface area contributed by atoms with Crippen LogP contribution in [0.1, 0.15) is 36.8 Å². The minimum atomic E-state index is -4.41. The van der Waals surface area contributed by atoms with Gasteiger partial charge in [0, 0.05) is 6.20 Å². The molecule has 0 unspecified atom stereocenters. The van der Waals surface area contributed by atoms with Crippen LogP contribution in [0.4, 0.5) is 18.9 Å². The SMILES string of the molecule is O=C1[C@H]2CCCC[C@H]2C(=O)N1c1cnn(Cc2cccc(C(F)(F)F)c2)c1. The van der Waals surface area contributed by atoms with E-state index < -0.39 is 11.7 Å². The molecule has 142 valence electrons. The number of aromatic nitrogens is 2. The summed E-state index contributed by atoms with van der Waals surface area (Å²) < 4.78 is 40.0. The van der Waals surface area contributed by atoms with Crippen molar-refractivity contribution in [3.8, 4) is 0 Å². The first kappa shape index (κ1) is 17.8. The molecule has 5 nitrogen and oxygen atoms in total. The second-order valence-corrected chi connectivity index (χ2v) is 7.10. The van der Waals surface area contributed by atoms with Crippen LogP contribution in [-0.4, -0.2) is 21.6 Å². The number of nitrogens with zero attached hydrogens (tertiary/aromatic N) is 3. The number of fused-ring (bicyclic) bond motifs is 1. The Kier molecular flexibility index (Phi) is 4.28. The van der Waals surface area contributed by atoms with Crippen molar-refractivity contribution in [2.75, 3.05) is 4.90 Å². The Morgan fingerprint density at radius 2 is 1.74 bits per heavy atom. The smallest absolute Gasteiger partial charge is 0.274 e. The normalized spacial score (nSPS) is 23.0. The van der Waals surface area contributed by atoms with E-state index >= 15 is 0 Å². The maximum absolute atomic E-state index is 12.8. The largest absolute Gasteiger partial charge is 0.416 e. The lowest BCUT2D eigenvalue weighted by molar-refractivity contribution is -0.137. The Morgan fingerprint density at radius 3 is 2.37 bits per heavy atom. The van der Waals surface area contributed by atoms with E-state index in [0.717, 1.165) is 37.8 Å². The molecule has 1 saturated heterocycles. The highest BCUT2D eigenvalue weighted by Crippen LogP contribution is 2.40. The summed E-state index contributed by atoms with van der Waals surface area (Å²) in [4.78, 5) is 26.4. The Balaban J connectivity index is 1.54. The van der Waals surface area contributed by atoms with Gasteiger partial charge in [-0.3, -0.25) is 14.3 Å². The number of carbonyl (C=O) groups is 2. The van der Waals surface area contributed by atoms with E-state index in [9.17, 15) is 22.8 Å². The lowest BCUT2D eigenvalue weighted by Crippen LogP contribution is -2.30. The summed E-state index contributed by atoms with van der Waals surface area (Å²) in [5.74, 6) is -0.886. The monoisotopic (exact) mass is 377 g/mol. The van der Waals surface area contributed by atoms with Crippen LogP contribution in [0.3, 0.4) is 0 Å². The van der Waals surface area contributed by atoms with Crippen molar-refractivity contribution in [3.05, 3.63) is 47.8 Å². The zero-order valence-electron chi connectivity index (χ0n) is 14.4. The van der Waals surface area contributed by atoms with Crippen molar-refractivity contribution in [2.24, 2.45) is 11.8 Å². The molecule has 2 aromatic rings. The highest BCUT2D eigenvalue weighted by molar-refractivity contribution is 6.21. The van der Waals surface area contributed by atoms with E-state index in [2.05, 4.69) is 5.10 Å². The summed E-state index contributed by atoms with van der Waals surface area (Å²) >= 11 is 0. The van der Waals surface area contributed by atoms with Crippen molar-refractivity contribution in [1.29, 1.82) is 0 Å². The van der Waals surface area contributed by atoms with E-state index in [1.165, 1.54) is 28.0 Å². The summed E-state index contributed by atoms with van der Waals surface area (Å²) in [7, 11) is 0. The minimum Gasteiger partial charge on any atom is -0.274 e. The quantitative estimate of drug-likeness (QED) is 0.768. The second kappa shape index (κ2) is 6.51. The standard InChI is InChI=1S/C19H18F3N3O2/c20-19(21,22)13-5-3-4-12(8-13)10-24-11-14(9-23-24)25-17(26)15-6-1-2-7-16(15)18(25)27/h3-5,8-9,11,15-16H,1-2,6-7,10H2/t15-,16+. The number of halogens is 3. The van der Waals surface area contributed by atoms with Gasteiger partial charge in [0.25, 0.3) is 0 Å². The van der Waals surface area contributed by atoms with E-state index in [4.69, 9.17) is 0 Å². The van der Waals surface area contributed by atoms with Crippen LogP contribution in [0.2, 0.25) is 0 Å². The van der Waals surface area contributed by atoms with Crippen LogP contribution in [0.15, 0.2) is 36.7 Å². The van der Waals surface area contributed by atoms with Gasteiger partial charge in [-0.1, -0.05) is 25.0 Å². The summed E-state index contributed by atoms with van der Waals surface area (Å²) in [6.07, 6.45) is 1.89. The molecule has 1 aromatic carbocycles. The number of rotatable bonds is 3. The van der Waals surface area contributed by atoms with Crippen LogP contribution in [-0.2, 0) is 22.3 Å². The first-order chi connectivity index (χ1) is 12.8. The first-order valence-corrected chi connectivity index (χ1v) is 8.91. The molecule has 2 atom stereocenters. The van der Waals surface area contributed by atoms with Gasteiger partial charge in [0.15, 0.2) is 0 Å². The van der Waals surface area contributed by atoms with E-state index in [1.807, 2.05) is 0 Å². The topological polar surface area (TPSA) is 55.2 Å². The third-order valence-electron chi connectivity index (χ3n) is 5.32. The van der Waals surface area contributed by atoms with Crippen molar-refractivity contribution < 1.29 is 22.8 Å². The Labute approximate surface area is 153 Å². The molecule has 1 saturated carbocycles. The Bertz CT molecular complexity index is 866. The highest BCUT2D eigenvalue weighted by atomic mass is 19.4. The van der Waals surface area contributed by atoms with Gasteiger partial charge < -0.3 is 0 Å². The number of hydrogen-bond acceptors (Lipinski definition) is 3. The van der Waals surface area contributed by atoms with E-state index in [-0.39, 0.29) is 30.2 Å². The minimum absolute atomic E-state index is 0.118. The molecular formula is C19H18F3N3O2. The van der Waals surface area contributed by atoms with Gasteiger partial charge in [-0.05, 0) is 30.5 Å². The molecule has 1 aliphatic carbocycles. The second-order valence-electron chi connectivity index (χ2n) is 7.10. The molecule has 0 bridgehead atoms. The molecule has 2 fully saturated rings. The van der Waals surface area contributed by atoms with Crippen molar-refractivity contribution in [2.45, 2.75) is 38.4 Å². The molecule has 2 aliphatic rings. The third kappa shape index (κ3) is 3.24. The van der Waals surface area contributed by atoms with Crippen molar-refractivity contribution >= 4 is 17.5 Å². The van der Waals surface area contributed by atoms with Gasteiger partial charge in [0.2, 0.25) is 11.8 Å². The van der Waals surface area contributed by atoms with Crippen molar-refractivity contribution in [1.82, 2.24) is 9.78 Å². The van der Waals surface area contributed by atoms with E-state index in [1.54, 1.807) is 6.07 Å². The molecule has 1 aliphatic heterocycles. The number of alkyl halides is 3. The lowest BCUT2D eigenvalue weighted by atomic mass is 9.81. The number of imide groups is 1. The molecular weight excluding hydrogens is 359 g/mol. The summed E-state index contributed by atoms with van der Waals surface area (Å²) in [5, 5.41) is 4.12. The average Bonchev–Trinajstić information content (AvgIpc) is 3.18. The molecule has 0 radical (unpaired) electrons. The van der Waals surface area contributed by atoms with Gasteiger partial charge in [-0.2, -0.15) is 18.3 Å². The van der Waals surface area contributed by atoms with Crippen LogP contribution < -0.4 is 4.90 Å². The zero-order chi connectivity index (χ0) is 19.2. The fourth-order valence-electron chi connectivity index (χ4n) is 4.00. The van der Waals surface area contributed by atoms with Crippen LogP contribution >= 0.6 is 0 Å². The first-order valence-electron chi connectivity index (χ1n) is 8.91. The number of amides is 2. The number of benzene rings is 1. The predicted octanol–water partition coefficient (Wildman–Crippen LogP) is 3.63. The average molecular weight is 377 g/mol. The zero-order valence-corrected chi connectivity index (χ0v) is 14.4. The fraction of sp³-hybridized carbons (Fsp3) is 0.421. The van der Waals surface area contributed by atoms with Crippen LogP contribution in [0.5, 0.6) is 0 Å².